The van der Waals surface area contributed by atoms with Crippen LogP contribution in [0.5, 0.6) is 0 Å². The molecule has 136 valence electrons. The highest BCUT2D eigenvalue weighted by molar-refractivity contribution is 5.92. The first-order valence-electron chi connectivity index (χ1n) is 8.73. The van der Waals surface area contributed by atoms with Gasteiger partial charge in [0.15, 0.2) is 0 Å². The first-order chi connectivity index (χ1) is 12.6. The molecule has 1 N–H and O–H groups in total. The predicted octanol–water partition coefficient (Wildman–Crippen LogP) is 3.60. The fourth-order valence-electron chi connectivity index (χ4n) is 3.38. The number of Topliss-reactive ketones (excluding diaryl/α,β-unsaturated/α-hetero) is 1. The van der Waals surface area contributed by atoms with Crippen LogP contribution in [0.2, 0.25) is 0 Å². The van der Waals surface area contributed by atoms with Crippen LogP contribution in [0.25, 0.3) is 0 Å². The molecule has 2 aromatic carbocycles. The van der Waals surface area contributed by atoms with Crippen molar-refractivity contribution in [3.05, 3.63) is 71.0 Å². The molecule has 0 fully saturated rings. The second-order valence-electron chi connectivity index (χ2n) is 6.70. The lowest BCUT2D eigenvalue weighted by Crippen LogP contribution is -2.32. The third-order valence-electron chi connectivity index (χ3n) is 4.77. The summed E-state index contributed by atoms with van der Waals surface area (Å²) in [6, 6.07) is 14.4. The van der Waals surface area contributed by atoms with Crippen molar-refractivity contribution in [3.8, 4) is 0 Å². The highest BCUT2D eigenvalue weighted by atomic mass is 19.1. The first kappa shape index (κ1) is 18.3. The molecule has 0 saturated carbocycles. The summed E-state index contributed by atoms with van der Waals surface area (Å²) in [7, 11) is 1.54. The van der Waals surface area contributed by atoms with Gasteiger partial charge in [-0.05, 0) is 30.2 Å². The summed E-state index contributed by atoms with van der Waals surface area (Å²) in [5.74, 6) is 0.614. The number of rotatable bonds is 6. The number of aliphatic imine (C=N–C) groups is 1. The average Bonchev–Trinajstić information content (AvgIpc) is 3.00. The second kappa shape index (κ2) is 8.23. The van der Waals surface area contributed by atoms with Crippen molar-refractivity contribution < 1.29 is 14.0 Å². The van der Waals surface area contributed by atoms with Crippen molar-refractivity contribution in [1.29, 1.82) is 0 Å². The average molecular weight is 354 g/mol. The number of nitrogens with one attached hydrogen (secondary N) is 1. The second-order valence-corrected chi connectivity index (χ2v) is 6.70. The summed E-state index contributed by atoms with van der Waals surface area (Å²) in [5.41, 5.74) is 6.02. The Balaban J connectivity index is 1.73. The van der Waals surface area contributed by atoms with Gasteiger partial charge >= 0.3 is 0 Å². The van der Waals surface area contributed by atoms with Gasteiger partial charge in [-0.2, -0.15) is 0 Å². The third-order valence-corrected chi connectivity index (χ3v) is 4.77. The first-order valence-corrected chi connectivity index (χ1v) is 8.73. The van der Waals surface area contributed by atoms with Gasteiger partial charge in [0.05, 0.1) is 7.11 Å². The fourth-order valence-corrected chi connectivity index (χ4v) is 3.38. The predicted molar refractivity (Wildman–Crippen MR) is 99.6 cm³/mol. The van der Waals surface area contributed by atoms with Crippen LogP contribution in [0.3, 0.4) is 0 Å². The fraction of sp³-hybridized carbons (Fsp3) is 0.333. The molecule has 1 heterocycles. The highest BCUT2D eigenvalue weighted by Gasteiger charge is 2.34. The number of halogens is 1. The monoisotopic (exact) mass is 354 g/mol. The lowest BCUT2D eigenvalue weighted by atomic mass is 9.83. The standard InChI is InChI=1S/C21H23FN2O2/c1-14-3-7-16(8-4-14)20-13-23-21(24-26-2)19(20)12-18(25)11-15-5-9-17(22)10-6-15/h3-10,19-20H,11-13H2,1-2H3,(H,23,24)/t19-,20-/m1/s1. The summed E-state index contributed by atoms with van der Waals surface area (Å²) in [6.45, 7) is 2.68. The van der Waals surface area contributed by atoms with E-state index in [1.807, 2.05) is 0 Å². The smallest absolute Gasteiger partial charge is 0.138 e. The van der Waals surface area contributed by atoms with Gasteiger partial charge in [-0.1, -0.05) is 42.0 Å². The molecule has 1 aliphatic rings. The zero-order chi connectivity index (χ0) is 18.5. The SMILES string of the molecule is CONC1=NC[C@H](c2ccc(C)cc2)[C@H]1CC(=O)Cc1ccc(F)cc1. The Bertz CT molecular complexity index is 785. The number of carbonyl (C=O) groups is 1. The summed E-state index contributed by atoms with van der Waals surface area (Å²) in [5, 5.41) is 0. The molecule has 0 saturated heterocycles. The molecule has 0 bridgehead atoms. The molecule has 0 unspecified atom stereocenters. The van der Waals surface area contributed by atoms with E-state index in [1.165, 1.54) is 23.3 Å². The molecule has 1 aliphatic heterocycles. The van der Waals surface area contributed by atoms with E-state index in [-0.39, 0.29) is 29.9 Å². The van der Waals surface area contributed by atoms with Crippen LogP contribution in [0.15, 0.2) is 53.5 Å². The number of hydroxylamine groups is 1. The molecule has 4 nitrogen and oxygen atoms in total. The van der Waals surface area contributed by atoms with Crippen molar-refractivity contribution in [2.75, 3.05) is 13.7 Å². The van der Waals surface area contributed by atoms with E-state index in [0.717, 1.165) is 5.56 Å². The molecular formula is C21H23FN2O2. The van der Waals surface area contributed by atoms with Gasteiger partial charge < -0.3 is 0 Å². The zero-order valence-corrected chi connectivity index (χ0v) is 15.0. The summed E-state index contributed by atoms with van der Waals surface area (Å²) < 4.78 is 13.0. The lowest BCUT2D eigenvalue weighted by Gasteiger charge is -2.21. The molecule has 0 amide bonds. The van der Waals surface area contributed by atoms with Gasteiger partial charge in [0, 0.05) is 31.2 Å². The minimum Gasteiger partial charge on any atom is -0.299 e. The number of carbonyl (C=O) groups excluding carboxylic acids is 1. The van der Waals surface area contributed by atoms with Crippen molar-refractivity contribution >= 4 is 11.6 Å². The van der Waals surface area contributed by atoms with Crippen LogP contribution in [0, 0.1) is 18.7 Å². The van der Waals surface area contributed by atoms with E-state index in [4.69, 9.17) is 4.84 Å². The van der Waals surface area contributed by atoms with Gasteiger partial charge in [-0.3, -0.25) is 20.1 Å². The molecular weight excluding hydrogens is 331 g/mol. The number of amidine groups is 1. The van der Waals surface area contributed by atoms with Crippen molar-refractivity contribution in [2.45, 2.75) is 25.7 Å². The number of benzene rings is 2. The topological polar surface area (TPSA) is 50.7 Å². The molecule has 2 aromatic rings. The minimum absolute atomic E-state index is 0.0504. The Labute approximate surface area is 153 Å². The Morgan fingerprint density at radius 3 is 2.54 bits per heavy atom. The van der Waals surface area contributed by atoms with Crippen molar-refractivity contribution in [2.24, 2.45) is 10.9 Å². The molecule has 2 atom stereocenters. The Kier molecular flexibility index (Phi) is 5.78. The highest BCUT2D eigenvalue weighted by Crippen LogP contribution is 2.33. The largest absolute Gasteiger partial charge is 0.299 e. The van der Waals surface area contributed by atoms with E-state index in [0.29, 0.717) is 18.8 Å². The van der Waals surface area contributed by atoms with Crippen LogP contribution in [0.4, 0.5) is 4.39 Å². The van der Waals surface area contributed by atoms with Crippen molar-refractivity contribution in [3.63, 3.8) is 0 Å². The molecule has 3 rings (SSSR count). The number of hydrogen-bond acceptors (Lipinski definition) is 4. The Morgan fingerprint density at radius 2 is 1.88 bits per heavy atom. The van der Waals surface area contributed by atoms with E-state index in [9.17, 15) is 9.18 Å². The van der Waals surface area contributed by atoms with Gasteiger partial charge in [0.2, 0.25) is 0 Å². The Hall–Kier alpha value is -2.53. The van der Waals surface area contributed by atoms with Gasteiger partial charge in [-0.15, -0.1) is 0 Å². The zero-order valence-electron chi connectivity index (χ0n) is 15.0. The molecule has 26 heavy (non-hydrogen) atoms. The van der Waals surface area contributed by atoms with Gasteiger partial charge in [0.1, 0.15) is 17.4 Å². The van der Waals surface area contributed by atoms with Crippen LogP contribution in [0.1, 0.15) is 29.0 Å². The van der Waals surface area contributed by atoms with Gasteiger partial charge in [0.25, 0.3) is 0 Å². The molecule has 0 spiro atoms. The number of ketones is 1. The number of hydrogen-bond donors (Lipinski definition) is 1. The van der Waals surface area contributed by atoms with E-state index < -0.39 is 0 Å². The summed E-state index contributed by atoms with van der Waals surface area (Å²) in [4.78, 5) is 22.2. The quantitative estimate of drug-likeness (QED) is 0.807. The van der Waals surface area contributed by atoms with Gasteiger partial charge in [-0.25, -0.2) is 4.39 Å². The molecule has 5 heteroatoms. The molecule has 0 aromatic heterocycles. The van der Waals surface area contributed by atoms with Crippen LogP contribution in [-0.2, 0) is 16.1 Å². The number of nitrogens with zero attached hydrogens (tertiary/aromatic N) is 1. The van der Waals surface area contributed by atoms with E-state index >= 15 is 0 Å². The minimum atomic E-state index is -0.296. The van der Waals surface area contributed by atoms with Crippen LogP contribution in [-0.4, -0.2) is 25.3 Å². The van der Waals surface area contributed by atoms with Crippen LogP contribution < -0.4 is 5.48 Å². The number of aryl methyl sites for hydroxylation is 1. The maximum atomic E-state index is 13.0. The molecule has 0 aliphatic carbocycles. The van der Waals surface area contributed by atoms with Crippen LogP contribution >= 0.6 is 0 Å². The maximum absolute atomic E-state index is 13.0. The summed E-state index contributed by atoms with van der Waals surface area (Å²) >= 11 is 0. The van der Waals surface area contributed by atoms with E-state index in [1.54, 1.807) is 19.2 Å². The molecule has 0 radical (unpaired) electrons. The lowest BCUT2D eigenvalue weighted by molar-refractivity contribution is -0.119. The normalized spacial score (nSPS) is 19.3. The third kappa shape index (κ3) is 4.35. The van der Waals surface area contributed by atoms with Crippen molar-refractivity contribution in [1.82, 2.24) is 5.48 Å². The summed E-state index contributed by atoms with van der Waals surface area (Å²) in [6.07, 6.45) is 0.656. The maximum Gasteiger partial charge on any atom is 0.138 e. The van der Waals surface area contributed by atoms with E-state index in [2.05, 4.69) is 41.7 Å². The Morgan fingerprint density at radius 1 is 1.19 bits per heavy atom.